The largest absolute Gasteiger partial charge is 0.495 e. The molecule has 0 aliphatic carbocycles. The summed E-state index contributed by atoms with van der Waals surface area (Å²) in [6, 6.07) is 7.29. The normalized spacial score (nSPS) is 10.7. The van der Waals surface area contributed by atoms with Crippen molar-refractivity contribution in [1.82, 2.24) is 19.7 Å². The highest BCUT2D eigenvalue weighted by Crippen LogP contribution is 2.26. The molecule has 0 atom stereocenters. The molecular weight excluding hydrogens is 314 g/mol. The fourth-order valence-electron chi connectivity index (χ4n) is 2.12. The first-order chi connectivity index (χ1) is 11.2. The van der Waals surface area contributed by atoms with Crippen LogP contribution in [-0.4, -0.2) is 38.5 Å². The highest BCUT2D eigenvalue weighted by molar-refractivity contribution is 8.00. The van der Waals surface area contributed by atoms with Gasteiger partial charge in [0.25, 0.3) is 0 Å². The molecule has 0 aliphatic rings. The second-order valence-corrected chi connectivity index (χ2v) is 5.69. The SMILES string of the molecule is COc1ccccc1NC(=O)CSc1ncnc2c1cnn2C. The van der Waals surface area contributed by atoms with E-state index in [1.807, 2.05) is 19.2 Å². The second-order valence-electron chi connectivity index (χ2n) is 4.72. The molecule has 7 nitrogen and oxygen atoms in total. The van der Waals surface area contributed by atoms with Gasteiger partial charge in [0.2, 0.25) is 5.91 Å². The molecule has 3 aromatic rings. The number of ether oxygens (including phenoxy) is 1. The highest BCUT2D eigenvalue weighted by Gasteiger charge is 2.12. The van der Waals surface area contributed by atoms with Gasteiger partial charge in [-0.05, 0) is 12.1 Å². The molecule has 0 fully saturated rings. The number of carbonyl (C=O) groups is 1. The quantitative estimate of drug-likeness (QED) is 0.570. The number of fused-ring (bicyclic) bond motifs is 1. The molecule has 1 aromatic carbocycles. The van der Waals surface area contributed by atoms with Gasteiger partial charge < -0.3 is 10.1 Å². The van der Waals surface area contributed by atoms with Crippen LogP contribution in [0.4, 0.5) is 5.69 Å². The zero-order valence-corrected chi connectivity index (χ0v) is 13.5. The third-order valence-electron chi connectivity index (χ3n) is 3.21. The molecule has 2 aromatic heterocycles. The van der Waals surface area contributed by atoms with Gasteiger partial charge in [0.05, 0.1) is 30.1 Å². The molecule has 8 heteroatoms. The van der Waals surface area contributed by atoms with Gasteiger partial charge in [-0.15, -0.1) is 0 Å². The number of methoxy groups -OCH3 is 1. The fraction of sp³-hybridized carbons (Fsp3) is 0.200. The van der Waals surface area contributed by atoms with Gasteiger partial charge in [-0.25, -0.2) is 9.97 Å². The van der Waals surface area contributed by atoms with Crippen molar-refractivity contribution < 1.29 is 9.53 Å². The minimum atomic E-state index is -0.129. The Morgan fingerprint density at radius 1 is 1.35 bits per heavy atom. The summed E-state index contributed by atoms with van der Waals surface area (Å²) >= 11 is 1.35. The van der Waals surface area contributed by atoms with Gasteiger partial charge in [0.15, 0.2) is 5.65 Å². The van der Waals surface area contributed by atoms with E-state index in [1.54, 1.807) is 30.1 Å². The van der Waals surface area contributed by atoms with E-state index in [2.05, 4.69) is 20.4 Å². The summed E-state index contributed by atoms with van der Waals surface area (Å²) in [5.41, 5.74) is 1.39. The van der Waals surface area contributed by atoms with Crippen LogP contribution in [0.1, 0.15) is 0 Å². The van der Waals surface area contributed by atoms with Gasteiger partial charge in [0.1, 0.15) is 17.1 Å². The number of nitrogens with one attached hydrogen (secondary N) is 1. The molecule has 3 rings (SSSR count). The molecule has 0 aliphatic heterocycles. The first kappa shape index (κ1) is 15.3. The number of hydrogen-bond donors (Lipinski definition) is 1. The van der Waals surface area contributed by atoms with Crippen LogP contribution in [-0.2, 0) is 11.8 Å². The number of amides is 1. The predicted octanol–water partition coefficient (Wildman–Crippen LogP) is 2.10. The molecular formula is C15H15N5O2S. The average Bonchev–Trinajstić information content (AvgIpc) is 2.95. The standard InChI is InChI=1S/C15H15N5O2S/c1-20-14-10(7-18-20)15(17-9-16-14)23-8-13(21)19-11-5-3-4-6-12(11)22-2/h3-7,9H,8H2,1-2H3,(H,19,21). The number of para-hydroxylation sites is 2. The van der Waals surface area contributed by atoms with Gasteiger partial charge in [-0.2, -0.15) is 5.10 Å². The number of rotatable bonds is 5. The minimum absolute atomic E-state index is 0.129. The summed E-state index contributed by atoms with van der Waals surface area (Å²) in [5.74, 6) is 0.733. The van der Waals surface area contributed by atoms with E-state index in [1.165, 1.54) is 18.1 Å². The van der Waals surface area contributed by atoms with Crippen molar-refractivity contribution in [2.45, 2.75) is 5.03 Å². The lowest BCUT2D eigenvalue weighted by atomic mass is 10.3. The fourth-order valence-corrected chi connectivity index (χ4v) is 2.88. The first-order valence-electron chi connectivity index (χ1n) is 6.87. The molecule has 1 N–H and O–H groups in total. The molecule has 2 heterocycles. The number of aryl methyl sites for hydroxylation is 1. The van der Waals surface area contributed by atoms with Crippen LogP contribution >= 0.6 is 11.8 Å². The molecule has 23 heavy (non-hydrogen) atoms. The van der Waals surface area contributed by atoms with Crippen LogP contribution in [0.2, 0.25) is 0 Å². The van der Waals surface area contributed by atoms with E-state index < -0.39 is 0 Å². The zero-order chi connectivity index (χ0) is 16.2. The van der Waals surface area contributed by atoms with E-state index in [9.17, 15) is 4.79 Å². The lowest BCUT2D eigenvalue weighted by Gasteiger charge is -2.09. The van der Waals surface area contributed by atoms with Gasteiger partial charge >= 0.3 is 0 Å². The lowest BCUT2D eigenvalue weighted by Crippen LogP contribution is -2.14. The van der Waals surface area contributed by atoms with E-state index in [-0.39, 0.29) is 11.7 Å². The van der Waals surface area contributed by atoms with Crippen LogP contribution in [0.15, 0.2) is 41.8 Å². The van der Waals surface area contributed by atoms with Crippen molar-refractivity contribution in [3.05, 3.63) is 36.8 Å². The minimum Gasteiger partial charge on any atom is -0.495 e. The number of thioether (sulfide) groups is 1. The molecule has 0 saturated heterocycles. The first-order valence-corrected chi connectivity index (χ1v) is 7.86. The van der Waals surface area contributed by atoms with Crippen molar-refractivity contribution in [1.29, 1.82) is 0 Å². The van der Waals surface area contributed by atoms with Gasteiger partial charge in [0, 0.05) is 7.05 Å². The Bertz CT molecular complexity index is 849. The number of aromatic nitrogens is 4. The second kappa shape index (κ2) is 6.66. The summed E-state index contributed by atoms with van der Waals surface area (Å²) in [5, 5.41) is 8.57. The number of hydrogen-bond acceptors (Lipinski definition) is 6. The Morgan fingerprint density at radius 3 is 3.00 bits per heavy atom. The Balaban J connectivity index is 1.69. The van der Waals surface area contributed by atoms with Crippen molar-refractivity contribution in [3.8, 4) is 5.75 Å². The summed E-state index contributed by atoms with van der Waals surface area (Å²) < 4.78 is 6.89. The van der Waals surface area contributed by atoms with Gasteiger partial charge in [-0.1, -0.05) is 23.9 Å². The van der Waals surface area contributed by atoms with Crippen molar-refractivity contribution >= 4 is 34.4 Å². The maximum atomic E-state index is 12.1. The topological polar surface area (TPSA) is 81.9 Å². The highest BCUT2D eigenvalue weighted by atomic mass is 32.2. The predicted molar refractivity (Wildman–Crippen MR) is 88.7 cm³/mol. The van der Waals surface area contributed by atoms with Crippen molar-refractivity contribution in [2.24, 2.45) is 7.05 Å². The zero-order valence-electron chi connectivity index (χ0n) is 12.7. The van der Waals surface area contributed by atoms with Crippen LogP contribution in [0.5, 0.6) is 5.75 Å². The smallest absolute Gasteiger partial charge is 0.234 e. The summed E-state index contributed by atoms with van der Waals surface area (Å²) in [6.45, 7) is 0. The van der Waals surface area contributed by atoms with Crippen LogP contribution in [0, 0.1) is 0 Å². The number of benzene rings is 1. The Hall–Kier alpha value is -2.61. The average molecular weight is 329 g/mol. The molecule has 1 amide bonds. The summed E-state index contributed by atoms with van der Waals surface area (Å²) in [6.07, 6.45) is 3.18. The monoisotopic (exact) mass is 329 g/mol. The Kier molecular flexibility index (Phi) is 4.42. The van der Waals surface area contributed by atoms with Crippen molar-refractivity contribution in [3.63, 3.8) is 0 Å². The Labute approximate surface area is 137 Å². The van der Waals surface area contributed by atoms with E-state index in [4.69, 9.17) is 4.74 Å². The van der Waals surface area contributed by atoms with E-state index in [0.29, 0.717) is 11.4 Å². The number of nitrogens with zero attached hydrogens (tertiary/aromatic N) is 4. The van der Waals surface area contributed by atoms with E-state index >= 15 is 0 Å². The van der Waals surface area contributed by atoms with E-state index in [0.717, 1.165) is 16.1 Å². The maximum absolute atomic E-state index is 12.1. The molecule has 0 unspecified atom stereocenters. The summed E-state index contributed by atoms with van der Waals surface area (Å²) in [7, 11) is 3.39. The lowest BCUT2D eigenvalue weighted by molar-refractivity contribution is -0.113. The third kappa shape index (κ3) is 3.26. The number of carbonyl (C=O) groups excluding carboxylic acids is 1. The molecule has 0 radical (unpaired) electrons. The maximum Gasteiger partial charge on any atom is 0.234 e. The Morgan fingerprint density at radius 2 is 2.17 bits per heavy atom. The molecule has 0 bridgehead atoms. The molecule has 118 valence electrons. The summed E-state index contributed by atoms with van der Waals surface area (Å²) in [4.78, 5) is 20.5. The third-order valence-corrected chi connectivity index (χ3v) is 4.22. The molecule has 0 spiro atoms. The van der Waals surface area contributed by atoms with Crippen LogP contribution in [0.25, 0.3) is 11.0 Å². The molecule has 0 saturated carbocycles. The van der Waals surface area contributed by atoms with Crippen LogP contribution < -0.4 is 10.1 Å². The number of anilines is 1. The van der Waals surface area contributed by atoms with Crippen molar-refractivity contribution in [2.75, 3.05) is 18.2 Å². The van der Waals surface area contributed by atoms with Crippen LogP contribution in [0.3, 0.4) is 0 Å². The van der Waals surface area contributed by atoms with Gasteiger partial charge in [-0.3, -0.25) is 9.48 Å².